The lowest BCUT2D eigenvalue weighted by Gasteiger charge is -2.35. The molecule has 0 aliphatic carbocycles. The van der Waals surface area contributed by atoms with E-state index in [2.05, 4.69) is 14.9 Å². The van der Waals surface area contributed by atoms with Crippen LogP contribution in [0, 0.1) is 4.84 Å². The quantitative estimate of drug-likeness (QED) is 0.529. The number of carbonyl (C=O) groups is 2. The first-order chi connectivity index (χ1) is 14.0. The third-order valence-electron chi connectivity index (χ3n) is 5.49. The van der Waals surface area contributed by atoms with E-state index in [1.54, 1.807) is 16.5 Å². The maximum Gasteiger partial charge on any atom is 0.288 e. The van der Waals surface area contributed by atoms with Crippen molar-refractivity contribution in [2.24, 2.45) is 0 Å². The topological polar surface area (TPSA) is 74.8 Å². The smallest absolute Gasteiger partial charge is 0.288 e. The second kappa shape index (κ2) is 8.46. The predicted octanol–water partition coefficient (Wildman–Crippen LogP) is 2.31. The molecule has 0 atom stereocenters. The van der Waals surface area contributed by atoms with Gasteiger partial charge in [0.05, 0.1) is 13.2 Å². The number of hydrogen-bond donors (Lipinski definition) is 0. The molecule has 1 aromatic carbocycles. The molecule has 154 valence electrons. The highest BCUT2D eigenvalue weighted by molar-refractivity contribution is 7.71. The Hall–Kier alpha value is -2.52. The van der Waals surface area contributed by atoms with Crippen LogP contribution in [0.4, 0.5) is 5.69 Å². The molecule has 2 saturated heterocycles. The molecule has 29 heavy (non-hydrogen) atoms. The number of aromatic nitrogens is 2. The van der Waals surface area contributed by atoms with E-state index in [9.17, 15) is 9.59 Å². The highest BCUT2D eigenvalue weighted by Crippen LogP contribution is 2.18. The molecular weight excluding hydrogens is 390 g/mol. The van der Waals surface area contributed by atoms with E-state index in [0.29, 0.717) is 30.4 Å². The number of amides is 1. The van der Waals surface area contributed by atoms with Crippen LogP contribution in [0.25, 0.3) is 0 Å². The molecule has 0 spiro atoms. The Labute approximate surface area is 174 Å². The molecule has 2 aliphatic heterocycles. The number of ketones is 1. The Kier molecular flexibility index (Phi) is 5.77. The van der Waals surface area contributed by atoms with E-state index >= 15 is 0 Å². The molecule has 9 heteroatoms. The number of nitrogens with zero attached hydrogens (tertiary/aromatic N) is 5. The van der Waals surface area contributed by atoms with Crippen molar-refractivity contribution in [2.45, 2.75) is 33.0 Å². The zero-order valence-corrected chi connectivity index (χ0v) is 17.4. The molecule has 1 amide bonds. The molecule has 8 nitrogen and oxygen atoms in total. The van der Waals surface area contributed by atoms with Crippen LogP contribution in [0.5, 0.6) is 0 Å². The fraction of sp³-hybridized carbons (Fsp3) is 0.500. The molecule has 4 rings (SSSR count). The van der Waals surface area contributed by atoms with Crippen LogP contribution in [0.1, 0.15) is 36.0 Å². The zero-order valence-electron chi connectivity index (χ0n) is 16.5. The first-order valence-corrected chi connectivity index (χ1v) is 10.3. The molecular formula is C20H25N5O3S. The summed E-state index contributed by atoms with van der Waals surface area (Å²) in [4.78, 5) is 29.9. The molecule has 0 saturated carbocycles. The van der Waals surface area contributed by atoms with Crippen molar-refractivity contribution in [1.29, 1.82) is 0 Å². The lowest BCUT2D eigenvalue weighted by molar-refractivity contribution is -0.128. The fourth-order valence-electron chi connectivity index (χ4n) is 3.78. The lowest BCUT2D eigenvalue weighted by Crippen LogP contribution is -2.47. The van der Waals surface area contributed by atoms with Gasteiger partial charge in [-0.3, -0.25) is 14.5 Å². The summed E-state index contributed by atoms with van der Waals surface area (Å²) in [5, 5.41) is 4.47. The third kappa shape index (κ3) is 4.56. The van der Waals surface area contributed by atoms with Crippen molar-refractivity contribution in [3.05, 3.63) is 40.6 Å². The minimum Gasteiger partial charge on any atom is -0.412 e. The molecule has 0 unspecified atom stereocenters. The van der Waals surface area contributed by atoms with E-state index in [1.165, 1.54) is 0 Å². The van der Waals surface area contributed by atoms with Crippen LogP contribution >= 0.6 is 12.2 Å². The van der Waals surface area contributed by atoms with Crippen LogP contribution in [-0.2, 0) is 18.0 Å². The number of anilines is 1. The summed E-state index contributed by atoms with van der Waals surface area (Å²) in [7, 11) is 0. The SMILES string of the molecule is CC(=O)c1ccc(N2CCN(Cn3nc(CN4CCCC4=O)oc3=S)CC2)cc1. The summed E-state index contributed by atoms with van der Waals surface area (Å²) in [6.07, 6.45) is 1.49. The molecule has 0 radical (unpaired) electrons. The van der Waals surface area contributed by atoms with Crippen molar-refractivity contribution in [3.8, 4) is 0 Å². The Morgan fingerprint density at radius 3 is 2.48 bits per heavy atom. The van der Waals surface area contributed by atoms with Crippen molar-refractivity contribution in [2.75, 3.05) is 37.6 Å². The largest absolute Gasteiger partial charge is 0.412 e. The monoisotopic (exact) mass is 415 g/mol. The van der Waals surface area contributed by atoms with Crippen molar-refractivity contribution >= 4 is 29.6 Å². The maximum absolute atomic E-state index is 11.8. The van der Waals surface area contributed by atoms with Gasteiger partial charge in [-0.2, -0.15) is 0 Å². The van der Waals surface area contributed by atoms with Gasteiger partial charge < -0.3 is 14.2 Å². The van der Waals surface area contributed by atoms with Gasteiger partial charge in [0.25, 0.3) is 4.84 Å². The van der Waals surface area contributed by atoms with Gasteiger partial charge in [0.2, 0.25) is 11.8 Å². The highest BCUT2D eigenvalue weighted by atomic mass is 32.1. The normalized spacial score (nSPS) is 17.9. The minimum absolute atomic E-state index is 0.0826. The Morgan fingerprint density at radius 2 is 1.86 bits per heavy atom. The summed E-state index contributed by atoms with van der Waals surface area (Å²) in [5.41, 5.74) is 1.87. The first-order valence-electron chi connectivity index (χ1n) is 9.92. The fourth-order valence-corrected chi connectivity index (χ4v) is 3.98. The van der Waals surface area contributed by atoms with Gasteiger partial charge in [0, 0.05) is 50.4 Å². The van der Waals surface area contributed by atoms with Gasteiger partial charge in [0.1, 0.15) is 0 Å². The van der Waals surface area contributed by atoms with Crippen molar-refractivity contribution < 1.29 is 14.0 Å². The maximum atomic E-state index is 11.8. The Balaban J connectivity index is 1.32. The Bertz CT molecular complexity index is 944. The zero-order chi connectivity index (χ0) is 20.4. The van der Waals surface area contributed by atoms with E-state index in [-0.39, 0.29) is 11.7 Å². The summed E-state index contributed by atoms with van der Waals surface area (Å²) in [6.45, 7) is 6.83. The van der Waals surface area contributed by atoms with Gasteiger partial charge in [-0.05, 0) is 49.8 Å². The van der Waals surface area contributed by atoms with E-state index in [0.717, 1.165) is 50.4 Å². The van der Waals surface area contributed by atoms with Crippen LogP contribution in [-0.4, -0.2) is 64.0 Å². The average molecular weight is 416 g/mol. The summed E-state index contributed by atoms with van der Waals surface area (Å²) < 4.78 is 7.29. The number of rotatable bonds is 6. The average Bonchev–Trinajstić information content (AvgIpc) is 3.28. The standard InChI is InChI=1S/C20H25N5O3S/c1-15(26)16-4-6-17(7-5-16)23-11-9-22(10-12-23)14-25-20(29)28-18(21-25)13-24-8-2-3-19(24)27/h4-7H,2-3,8-14H2,1H3. The van der Waals surface area contributed by atoms with Crippen molar-refractivity contribution in [1.82, 2.24) is 19.6 Å². The summed E-state index contributed by atoms with van der Waals surface area (Å²) in [5.74, 6) is 0.724. The summed E-state index contributed by atoms with van der Waals surface area (Å²) >= 11 is 5.31. The molecule has 0 N–H and O–H groups in total. The van der Waals surface area contributed by atoms with Gasteiger partial charge in [-0.1, -0.05) is 0 Å². The number of Topliss-reactive ketones (excluding diaryl/α,β-unsaturated/α-hetero) is 1. The van der Waals surface area contributed by atoms with E-state index in [4.69, 9.17) is 16.6 Å². The van der Waals surface area contributed by atoms with Crippen LogP contribution in [0.15, 0.2) is 28.7 Å². The van der Waals surface area contributed by atoms with E-state index < -0.39 is 0 Å². The highest BCUT2D eigenvalue weighted by Gasteiger charge is 2.23. The molecule has 0 bridgehead atoms. The second-order valence-electron chi connectivity index (χ2n) is 7.53. The number of piperazine rings is 1. The van der Waals surface area contributed by atoms with Crippen LogP contribution in [0.3, 0.4) is 0 Å². The number of hydrogen-bond acceptors (Lipinski definition) is 7. The number of benzene rings is 1. The number of likely N-dealkylation sites (tertiary alicyclic amines) is 1. The van der Waals surface area contributed by atoms with Crippen molar-refractivity contribution in [3.63, 3.8) is 0 Å². The molecule has 2 aliphatic rings. The van der Waals surface area contributed by atoms with Crippen LogP contribution in [0.2, 0.25) is 0 Å². The molecule has 1 aromatic heterocycles. The molecule has 2 fully saturated rings. The molecule has 2 aromatic rings. The summed E-state index contributed by atoms with van der Waals surface area (Å²) in [6, 6.07) is 7.77. The van der Waals surface area contributed by atoms with Gasteiger partial charge in [0.15, 0.2) is 5.78 Å². The number of carbonyl (C=O) groups excluding carboxylic acids is 2. The second-order valence-corrected chi connectivity index (χ2v) is 7.88. The van der Waals surface area contributed by atoms with Gasteiger partial charge in [-0.15, -0.1) is 5.10 Å². The predicted molar refractivity (Wildman–Crippen MR) is 110 cm³/mol. The van der Waals surface area contributed by atoms with E-state index in [1.807, 2.05) is 24.3 Å². The van der Waals surface area contributed by atoms with Gasteiger partial charge in [-0.25, -0.2) is 4.68 Å². The molecule has 3 heterocycles. The Morgan fingerprint density at radius 1 is 1.14 bits per heavy atom. The lowest BCUT2D eigenvalue weighted by atomic mass is 10.1. The minimum atomic E-state index is 0.0826. The van der Waals surface area contributed by atoms with Crippen LogP contribution < -0.4 is 4.90 Å². The first kappa shape index (κ1) is 19.8. The third-order valence-corrected chi connectivity index (χ3v) is 5.78. The van der Waals surface area contributed by atoms with Gasteiger partial charge >= 0.3 is 0 Å².